The van der Waals surface area contributed by atoms with Crippen LogP contribution in [0.25, 0.3) is 0 Å². The van der Waals surface area contributed by atoms with Crippen molar-refractivity contribution < 1.29 is 9.90 Å². The number of carboxylic acids is 1. The molecule has 13 heavy (non-hydrogen) atoms. The summed E-state index contributed by atoms with van der Waals surface area (Å²) < 4.78 is 0. The molecule has 0 aliphatic heterocycles. The summed E-state index contributed by atoms with van der Waals surface area (Å²) in [4.78, 5) is 9.81. The molecule has 1 rings (SSSR count). The molecule has 0 aromatic heterocycles. The fourth-order valence-electron chi connectivity index (χ4n) is 1.06. The first-order valence-electron chi connectivity index (χ1n) is 4.09. The maximum Gasteiger partial charge on any atom is 0.0551 e. The van der Waals surface area contributed by atoms with Crippen molar-refractivity contribution in [3.05, 3.63) is 35.9 Å². The Morgan fingerprint density at radius 2 is 2.00 bits per heavy atom. The number of carboxylic acid groups (broad SMARTS) is 1. The molecule has 70 valence electrons. The van der Waals surface area contributed by atoms with Crippen molar-refractivity contribution in [3.63, 3.8) is 0 Å². The van der Waals surface area contributed by atoms with Gasteiger partial charge >= 0.3 is 0 Å². The van der Waals surface area contributed by atoms with E-state index in [1.807, 2.05) is 30.3 Å². The maximum atomic E-state index is 10.4. The van der Waals surface area contributed by atoms with Crippen molar-refractivity contribution in [1.29, 1.82) is 0 Å². The summed E-state index contributed by atoms with van der Waals surface area (Å²) in [6, 6.07) is 9.78. The zero-order valence-electron chi connectivity index (χ0n) is 7.07. The smallest absolute Gasteiger partial charge is 0.0551 e. The third-order valence-electron chi connectivity index (χ3n) is 1.79. The molecule has 0 spiro atoms. The molecular formula is C10H10BrO2-. The van der Waals surface area contributed by atoms with E-state index in [2.05, 4.69) is 15.9 Å². The van der Waals surface area contributed by atoms with Crippen LogP contribution in [0.4, 0.5) is 0 Å². The van der Waals surface area contributed by atoms with Crippen LogP contribution in [0.15, 0.2) is 30.3 Å². The van der Waals surface area contributed by atoms with Gasteiger partial charge in [0.15, 0.2) is 0 Å². The molecule has 1 unspecified atom stereocenters. The van der Waals surface area contributed by atoms with Gasteiger partial charge in [-0.25, -0.2) is 0 Å². The number of carbonyl (C=O) groups excluding carboxylic acids is 1. The van der Waals surface area contributed by atoms with Crippen LogP contribution in [-0.4, -0.2) is 10.8 Å². The Kier molecular flexibility index (Phi) is 3.96. The van der Waals surface area contributed by atoms with E-state index in [-0.39, 0.29) is 0 Å². The van der Waals surface area contributed by atoms with E-state index in [0.717, 1.165) is 12.0 Å². The van der Waals surface area contributed by atoms with Crippen LogP contribution >= 0.6 is 15.9 Å². The Morgan fingerprint density at radius 1 is 1.38 bits per heavy atom. The Bertz CT molecular complexity index is 272. The lowest BCUT2D eigenvalue weighted by Crippen LogP contribution is -2.31. The highest BCUT2D eigenvalue weighted by Gasteiger charge is 2.04. The zero-order chi connectivity index (χ0) is 9.68. The Balaban J connectivity index is 2.39. The lowest BCUT2D eigenvalue weighted by Gasteiger charge is -2.09. The van der Waals surface area contributed by atoms with Crippen molar-refractivity contribution in [3.8, 4) is 0 Å². The van der Waals surface area contributed by atoms with Gasteiger partial charge in [-0.1, -0.05) is 46.3 Å². The summed E-state index contributed by atoms with van der Waals surface area (Å²) in [5.41, 5.74) is 1.15. The average Bonchev–Trinajstić information content (AvgIpc) is 2.15. The quantitative estimate of drug-likeness (QED) is 0.742. The molecular weight excluding hydrogens is 232 g/mol. The minimum absolute atomic E-state index is 0.548. The Hall–Kier alpha value is -0.830. The van der Waals surface area contributed by atoms with Crippen molar-refractivity contribution in [2.75, 3.05) is 0 Å². The van der Waals surface area contributed by atoms with Gasteiger partial charge in [-0.3, -0.25) is 0 Å². The van der Waals surface area contributed by atoms with Crippen LogP contribution in [0.3, 0.4) is 0 Å². The predicted molar refractivity (Wildman–Crippen MR) is 52.5 cm³/mol. The molecule has 2 nitrogen and oxygen atoms in total. The number of aryl methyl sites for hydroxylation is 1. The van der Waals surface area contributed by atoms with Gasteiger partial charge < -0.3 is 9.90 Å². The van der Waals surface area contributed by atoms with Gasteiger partial charge in [-0.2, -0.15) is 0 Å². The van der Waals surface area contributed by atoms with Crippen molar-refractivity contribution in [2.24, 2.45) is 0 Å². The number of hydrogen-bond donors (Lipinski definition) is 0. The summed E-state index contributed by atoms with van der Waals surface area (Å²) in [7, 11) is 0. The number of carbonyl (C=O) groups is 1. The second-order valence-corrected chi connectivity index (χ2v) is 3.92. The number of hydrogen-bond acceptors (Lipinski definition) is 2. The molecule has 1 aromatic rings. The van der Waals surface area contributed by atoms with E-state index in [9.17, 15) is 9.90 Å². The summed E-state index contributed by atoms with van der Waals surface area (Å²) in [6.45, 7) is 0. The Morgan fingerprint density at radius 3 is 2.54 bits per heavy atom. The first-order valence-corrected chi connectivity index (χ1v) is 5.00. The standard InChI is InChI=1S/C10H11BrO2/c11-9(10(12)13)7-6-8-4-2-1-3-5-8/h1-5,9H,6-7H2,(H,12,13)/p-1. The molecule has 0 saturated heterocycles. The molecule has 1 aromatic carbocycles. The number of alkyl halides is 1. The minimum atomic E-state index is -1.05. The van der Waals surface area contributed by atoms with Crippen molar-refractivity contribution in [1.82, 2.24) is 0 Å². The van der Waals surface area contributed by atoms with Crippen LogP contribution in [0.2, 0.25) is 0 Å². The van der Waals surface area contributed by atoms with Gasteiger partial charge in [0.1, 0.15) is 0 Å². The first kappa shape index (κ1) is 10.3. The van der Waals surface area contributed by atoms with Gasteiger partial charge in [-0.05, 0) is 18.4 Å². The van der Waals surface area contributed by atoms with E-state index in [4.69, 9.17) is 0 Å². The molecule has 0 saturated carbocycles. The molecule has 1 atom stereocenters. The molecule has 0 fully saturated rings. The minimum Gasteiger partial charge on any atom is -0.549 e. The molecule has 0 N–H and O–H groups in total. The normalized spacial score (nSPS) is 12.4. The molecule has 0 amide bonds. The third-order valence-corrected chi connectivity index (χ3v) is 2.62. The van der Waals surface area contributed by atoms with E-state index in [1.165, 1.54) is 0 Å². The largest absolute Gasteiger partial charge is 0.549 e. The number of aliphatic carboxylic acids is 1. The number of halogens is 1. The highest BCUT2D eigenvalue weighted by Crippen LogP contribution is 2.09. The molecule has 0 bridgehead atoms. The maximum absolute atomic E-state index is 10.4. The topological polar surface area (TPSA) is 40.1 Å². The molecule has 0 aliphatic rings. The molecule has 3 heteroatoms. The van der Waals surface area contributed by atoms with Crippen molar-refractivity contribution in [2.45, 2.75) is 17.7 Å². The summed E-state index contributed by atoms with van der Waals surface area (Å²) in [5.74, 6) is -1.05. The van der Waals surface area contributed by atoms with Gasteiger partial charge in [0.05, 0.1) is 10.8 Å². The summed E-state index contributed by atoms with van der Waals surface area (Å²) >= 11 is 3.04. The van der Waals surface area contributed by atoms with Crippen LogP contribution in [0.5, 0.6) is 0 Å². The van der Waals surface area contributed by atoms with Gasteiger partial charge in [0.2, 0.25) is 0 Å². The number of rotatable bonds is 4. The van der Waals surface area contributed by atoms with Crippen LogP contribution in [0.1, 0.15) is 12.0 Å². The SMILES string of the molecule is O=C([O-])C(Br)CCc1ccccc1. The number of benzene rings is 1. The van der Waals surface area contributed by atoms with E-state index < -0.39 is 10.8 Å². The van der Waals surface area contributed by atoms with Crippen LogP contribution < -0.4 is 5.11 Å². The molecule has 0 heterocycles. The monoisotopic (exact) mass is 241 g/mol. The highest BCUT2D eigenvalue weighted by atomic mass is 79.9. The fourth-order valence-corrected chi connectivity index (χ4v) is 1.28. The van der Waals surface area contributed by atoms with E-state index in [0.29, 0.717) is 6.42 Å². The zero-order valence-corrected chi connectivity index (χ0v) is 8.66. The highest BCUT2D eigenvalue weighted by molar-refractivity contribution is 9.10. The van der Waals surface area contributed by atoms with E-state index in [1.54, 1.807) is 0 Å². The molecule has 0 aliphatic carbocycles. The lowest BCUT2D eigenvalue weighted by atomic mass is 10.1. The first-order chi connectivity index (χ1) is 6.20. The average molecular weight is 242 g/mol. The lowest BCUT2D eigenvalue weighted by molar-refractivity contribution is -0.304. The second kappa shape index (κ2) is 5.02. The molecule has 0 radical (unpaired) electrons. The summed E-state index contributed by atoms with van der Waals surface area (Å²) in [5, 5.41) is 10.4. The van der Waals surface area contributed by atoms with Gasteiger partial charge in [0, 0.05) is 0 Å². The van der Waals surface area contributed by atoms with Crippen LogP contribution in [0, 0.1) is 0 Å². The Labute approximate surface area is 85.7 Å². The van der Waals surface area contributed by atoms with Crippen LogP contribution in [-0.2, 0) is 11.2 Å². The predicted octanol–water partition coefficient (Wildman–Crippen LogP) is 1.13. The summed E-state index contributed by atoms with van der Waals surface area (Å²) in [6.07, 6.45) is 1.32. The van der Waals surface area contributed by atoms with E-state index >= 15 is 0 Å². The third kappa shape index (κ3) is 3.59. The second-order valence-electron chi connectivity index (χ2n) is 2.81. The fraction of sp³-hybridized carbons (Fsp3) is 0.300. The van der Waals surface area contributed by atoms with Gasteiger partial charge in [-0.15, -0.1) is 0 Å². The van der Waals surface area contributed by atoms with Gasteiger partial charge in [0.25, 0.3) is 0 Å². The van der Waals surface area contributed by atoms with Crippen molar-refractivity contribution >= 4 is 21.9 Å².